The second-order valence-corrected chi connectivity index (χ2v) is 4.30. The number of aromatic nitrogens is 1. The highest BCUT2D eigenvalue weighted by Gasteiger charge is 2.02. The summed E-state index contributed by atoms with van der Waals surface area (Å²) < 4.78 is 5.08. The van der Waals surface area contributed by atoms with E-state index in [4.69, 9.17) is 16.3 Å². The highest BCUT2D eigenvalue weighted by Crippen LogP contribution is 2.26. The first kappa shape index (κ1) is 11.2. The molecule has 0 aliphatic carbocycles. The predicted octanol–water partition coefficient (Wildman–Crippen LogP) is 3.42. The van der Waals surface area contributed by atoms with Crippen LogP contribution in [0.15, 0.2) is 29.1 Å². The minimum Gasteiger partial charge on any atom is -0.497 e. The van der Waals surface area contributed by atoms with E-state index in [0.29, 0.717) is 11.6 Å². The molecule has 0 fully saturated rings. The number of benzene rings is 1. The molecule has 0 atom stereocenters. The number of nitrogens with zero attached hydrogens (tertiary/aromatic N) is 1. The second kappa shape index (κ2) is 5.18. The summed E-state index contributed by atoms with van der Waals surface area (Å²) in [6.07, 6.45) is 0. The molecule has 84 valence electrons. The lowest BCUT2D eigenvalue weighted by Gasteiger charge is -2.08. The molecule has 3 nitrogen and oxygen atoms in total. The van der Waals surface area contributed by atoms with E-state index in [1.54, 1.807) is 24.5 Å². The van der Waals surface area contributed by atoms with Gasteiger partial charge in [0.05, 0.1) is 35.6 Å². The topological polar surface area (TPSA) is 34.1 Å². The number of rotatable bonds is 4. The Morgan fingerprint density at radius 1 is 1.50 bits per heavy atom. The molecule has 5 heteroatoms. The largest absolute Gasteiger partial charge is 0.497 e. The molecular formula is C11H11ClN2OS. The van der Waals surface area contributed by atoms with Gasteiger partial charge in [0.25, 0.3) is 0 Å². The molecular weight excluding hydrogens is 244 g/mol. The van der Waals surface area contributed by atoms with Gasteiger partial charge < -0.3 is 10.1 Å². The zero-order valence-corrected chi connectivity index (χ0v) is 10.3. The molecule has 1 N–H and O–H groups in total. The summed E-state index contributed by atoms with van der Waals surface area (Å²) in [5, 5.41) is 5.88. The molecule has 1 aromatic carbocycles. The molecule has 0 saturated heterocycles. The van der Waals surface area contributed by atoms with E-state index in [-0.39, 0.29) is 0 Å². The molecule has 1 heterocycles. The first-order valence-corrected chi connectivity index (χ1v) is 6.06. The van der Waals surface area contributed by atoms with Crippen molar-refractivity contribution in [3.8, 4) is 5.75 Å². The van der Waals surface area contributed by atoms with Crippen molar-refractivity contribution in [2.24, 2.45) is 0 Å². The SMILES string of the molecule is COc1ccc(NCc2cscn2)c(Cl)c1. The summed E-state index contributed by atoms with van der Waals surface area (Å²) in [4.78, 5) is 4.18. The molecule has 0 aliphatic rings. The Labute approximate surface area is 103 Å². The molecule has 0 aliphatic heterocycles. The average molecular weight is 255 g/mol. The van der Waals surface area contributed by atoms with Gasteiger partial charge in [-0.1, -0.05) is 11.6 Å². The minimum absolute atomic E-state index is 0.648. The lowest BCUT2D eigenvalue weighted by Crippen LogP contribution is -2.00. The lowest BCUT2D eigenvalue weighted by atomic mass is 10.3. The van der Waals surface area contributed by atoms with Crippen molar-refractivity contribution in [3.05, 3.63) is 39.8 Å². The molecule has 0 radical (unpaired) electrons. The van der Waals surface area contributed by atoms with Crippen molar-refractivity contribution in [2.45, 2.75) is 6.54 Å². The molecule has 2 rings (SSSR count). The Hall–Kier alpha value is -1.26. The van der Waals surface area contributed by atoms with Crippen molar-refractivity contribution in [3.63, 3.8) is 0 Å². The van der Waals surface area contributed by atoms with E-state index in [9.17, 15) is 0 Å². The van der Waals surface area contributed by atoms with E-state index in [0.717, 1.165) is 17.1 Å². The second-order valence-electron chi connectivity index (χ2n) is 3.18. The lowest BCUT2D eigenvalue weighted by molar-refractivity contribution is 0.415. The van der Waals surface area contributed by atoms with Crippen LogP contribution in [-0.2, 0) is 6.54 Å². The fraction of sp³-hybridized carbons (Fsp3) is 0.182. The molecule has 0 amide bonds. The van der Waals surface area contributed by atoms with Crippen LogP contribution in [0.5, 0.6) is 5.75 Å². The number of hydrogen-bond acceptors (Lipinski definition) is 4. The third-order valence-corrected chi connectivity index (χ3v) is 3.07. The van der Waals surface area contributed by atoms with Crippen molar-refractivity contribution in [1.29, 1.82) is 0 Å². The van der Waals surface area contributed by atoms with Crippen LogP contribution in [0.1, 0.15) is 5.69 Å². The average Bonchev–Trinajstić information content (AvgIpc) is 2.80. The molecule has 2 aromatic rings. The van der Waals surface area contributed by atoms with Gasteiger partial charge in [-0.05, 0) is 12.1 Å². The van der Waals surface area contributed by atoms with E-state index in [1.807, 2.05) is 23.0 Å². The molecule has 0 spiro atoms. The van der Waals surface area contributed by atoms with Crippen molar-refractivity contribution in [2.75, 3.05) is 12.4 Å². The third kappa shape index (κ3) is 2.65. The van der Waals surface area contributed by atoms with Crippen LogP contribution in [0.4, 0.5) is 5.69 Å². The van der Waals surface area contributed by atoms with Crippen LogP contribution in [0.3, 0.4) is 0 Å². The van der Waals surface area contributed by atoms with Crippen LogP contribution < -0.4 is 10.1 Å². The van der Waals surface area contributed by atoms with Gasteiger partial charge in [-0.2, -0.15) is 0 Å². The third-order valence-electron chi connectivity index (χ3n) is 2.12. The van der Waals surface area contributed by atoms with Gasteiger partial charge in [0.2, 0.25) is 0 Å². The van der Waals surface area contributed by atoms with Crippen LogP contribution in [-0.4, -0.2) is 12.1 Å². The van der Waals surface area contributed by atoms with E-state index < -0.39 is 0 Å². The van der Waals surface area contributed by atoms with Gasteiger partial charge >= 0.3 is 0 Å². The minimum atomic E-state index is 0.648. The van der Waals surface area contributed by atoms with Gasteiger partial charge in [-0.15, -0.1) is 11.3 Å². The first-order chi connectivity index (χ1) is 7.79. The van der Waals surface area contributed by atoms with Crippen LogP contribution in [0.2, 0.25) is 5.02 Å². The van der Waals surface area contributed by atoms with E-state index in [1.165, 1.54) is 0 Å². The zero-order valence-electron chi connectivity index (χ0n) is 8.74. The maximum atomic E-state index is 6.09. The maximum Gasteiger partial charge on any atom is 0.120 e. The van der Waals surface area contributed by atoms with E-state index >= 15 is 0 Å². The highest BCUT2D eigenvalue weighted by atomic mass is 35.5. The molecule has 0 saturated carbocycles. The first-order valence-electron chi connectivity index (χ1n) is 4.74. The number of halogens is 1. The molecule has 0 bridgehead atoms. The summed E-state index contributed by atoms with van der Waals surface area (Å²) in [7, 11) is 1.62. The number of nitrogens with one attached hydrogen (secondary N) is 1. The van der Waals surface area contributed by atoms with Crippen molar-refractivity contribution >= 4 is 28.6 Å². The predicted molar refractivity (Wildman–Crippen MR) is 67.4 cm³/mol. The number of ether oxygens (including phenoxy) is 1. The smallest absolute Gasteiger partial charge is 0.120 e. The summed E-state index contributed by atoms with van der Waals surface area (Å²) in [6, 6.07) is 5.55. The van der Waals surface area contributed by atoms with Gasteiger partial charge in [0.15, 0.2) is 0 Å². The quantitative estimate of drug-likeness (QED) is 0.908. The van der Waals surface area contributed by atoms with Crippen molar-refractivity contribution in [1.82, 2.24) is 4.98 Å². The summed E-state index contributed by atoms with van der Waals surface area (Å²) in [6.45, 7) is 0.676. The molecule has 0 unspecified atom stereocenters. The Morgan fingerprint density at radius 2 is 2.38 bits per heavy atom. The zero-order chi connectivity index (χ0) is 11.4. The van der Waals surface area contributed by atoms with Gasteiger partial charge in [0.1, 0.15) is 5.75 Å². The standard InChI is InChI=1S/C11H11ClN2OS/c1-15-9-2-3-11(10(12)4-9)13-5-8-6-16-7-14-8/h2-4,6-7,13H,5H2,1H3. The summed E-state index contributed by atoms with van der Waals surface area (Å²) in [5.74, 6) is 0.754. The van der Waals surface area contributed by atoms with Crippen LogP contribution in [0, 0.1) is 0 Å². The number of hydrogen-bond donors (Lipinski definition) is 1. The van der Waals surface area contributed by atoms with Gasteiger partial charge in [0, 0.05) is 11.4 Å². The fourth-order valence-corrected chi connectivity index (χ4v) is 2.07. The maximum absolute atomic E-state index is 6.09. The summed E-state index contributed by atoms with van der Waals surface area (Å²) >= 11 is 7.67. The Balaban J connectivity index is 2.04. The highest BCUT2D eigenvalue weighted by molar-refractivity contribution is 7.07. The van der Waals surface area contributed by atoms with Gasteiger partial charge in [-0.25, -0.2) is 4.98 Å². The normalized spacial score (nSPS) is 10.1. The van der Waals surface area contributed by atoms with Gasteiger partial charge in [-0.3, -0.25) is 0 Å². The number of thiazole rings is 1. The fourth-order valence-electron chi connectivity index (χ4n) is 1.28. The molecule has 16 heavy (non-hydrogen) atoms. The number of anilines is 1. The van der Waals surface area contributed by atoms with E-state index in [2.05, 4.69) is 10.3 Å². The Morgan fingerprint density at radius 3 is 3.00 bits per heavy atom. The summed E-state index contributed by atoms with van der Waals surface area (Å²) in [5.41, 5.74) is 3.71. The Kier molecular flexibility index (Phi) is 3.64. The van der Waals surface area contributed by atoms with Crippen LogP contribution >= 0.6 is 22.9 Å². The van der Waals surface area contributed by atoms with Crippen molar-refractivity contribution < 1.29 is 4.74 Å². The Bertz CT molecular complexity index is 459. The van der Waals surface area contributed by atoms with Crippen LogP contribution in [0.25, 0.3) is 0 Å². The monoisotopic (exact) mass is 254 g/mol. The molecule has 1 aromatic heterocycles. The number of methoxy groups -OCH3 is 1.